The Morgan fingerprint density at radius 1 is 0.455 bits per heavy atom. The maximum atomic E-state index is 10.3. The van der Waals surface area contributed by atoms with E-state index < -0.39 is 11.9 Å². The highest BCUT2D eigenvalue weighted by molar-refractivity contribution is 5.91. The number of carbonyl (C=O) groups is 2. The molecule has 44 heavy (non-hydrogen) atoms. The van der Waals surface area contributed by atoms with E-state index in [1.807, 2.05) is 0 Å². The van der Waals surface area contributed by atoms with Gasteiger partial charge in [-0.2, -0.15) is 0 Å². The molecule has 226 valence electrons. The van der Waals surface area contributed by atoms with E-state index in [0.29, 0.717) is 0 Å². The molecule has 0 radical (unpaired) electrons. The van der Waals surface area contributed by atoms with E-state index in [9.17, 15) is 19.8 Å². The number of carboxylic acids is 2. The van der Waals surface area contributed by atoms with Gasteiger partial charge in [-0.25, -0.2) is 0 Å². The lowest BCUT2D eigenvalue weighted by molar-refractivity contribution is -0.255. The van der Waals surface area contributed by atoms with Gasteiger partial charge in [0.05, 0.1) is 40.1 Å². The van der Waals surface area contributed by atoms with E-state index in [1.165, 1.54) is 40.7 Å². The van der Waals surface area contributed by atoms with Crippen molar-refractivity contribution in [2.75, 3.05) is 28.2 Å². The van der Waals surface area contributed by atoms with Crippen molar-refractivity contribution in [3.8, 4) is 0 Å². The lowest BCUT2D eigenvalue weighted by Gasteiger charge is -2.29. The van der Waals surface area contributed by atoms with Crippen LogP contribution in [-0.4, -0.2) is 40.1 Å². The summed E-state index contributed by atoms with van der Waals surface area (Å²) in [5, 5.41) is 20.5. The van der Waals surface area contributed by atoms with Gasteiger partial charge in [0.2, 0.25) is 0 Å². The first-order valence-electron chi connectivity index (χ1n) is 14.4. The Morgan fingerprint density at radius 2 is 0.750 bits per heavy atom. The largest absolute Gasteiger partial charge is 0.545 e. The standard InChI is InChI=1S/2C15H18N.C8H6O4/c2*1-16(2,15-11-7-4-8-12-15)13-14-9-5-3-6-10-14;9-7(10)5-2-1-3-6(4-5)8(11)12/h2*3-12H,13H2,1-2H3;1-4H,(H,9,10)(H,11,12)/q2*+1;/p-2. The molecular formula is C38H40N2O4. The van der Waals surface area contributed by atoms with Gasteiger partial charge in [0.25, 0.3) is 0 Å². The van der Waals surface area contributed by atoms with Gasteiger partial charge in [-0.1, -0.05) is 115 Å². The zero-order chi connectivity index (χ0) is 32.0. The van der Waals surface area contributed by atoms with E-state index in [-0.39, 0.29) is 11.1 Å². The summed E-state index contributed by atoms with van der Waals surface area (Å²) in [7, 11) is 8.95. The number of quaternary nitrogens is 2. The number of nitrogens with zero attached hydrogens (tertiary/aromatic N) is 2. The second-order valence-electron chi connectivity index (χ2n) is 11.5. The summed E-state index contributed by atoms with van der Waals surface area (Å²) >= 11 is 0. The van der Waals surface area contributed by atoms with Crippen molar-refractivity contribution in [2.24, 2.45) is 0 Å². The molecule has 0 bridgehead atoms. The van der Waals surface area contributed by atoms with Gasteiger partial charge in [-0.3, -0.25) is 8.97 Å². The Kier molecular flexibility index (Phi) is 12.2. The highest BCUT2D eigenvalue weighted by atomic mass is 16.4. The third kappa shape index (κ3) is 10.7. The van der Waals surface area contributed by atoms with Gasteiger partial charge in [-0.05, 0) is 41.5 Å². The molecule has 5 rings (SSSR count). The first-order valence-corrected chi connectivity index (χ1v) is 14.4. The smallest absolute Gasteiger partial charge is 0.132 e. The van der Waals surface area contributed by atoms with Crippen LogP contribution in [0.25, 0.3) is 0 Å². The molecule has 0 atom stereocenters. The van der Waals surface area contributed by atoms with Gasteiger partial charge in [0.1, 0.15) is 24.5 Å². The predicted octanol–water partition coefficient (Wildman–Crippen LogP) is 5.32. The first-order chi connectivity index (χ1) is 21.0. The molecule has 0 aliphatic rings. The molecule has 0 saturated carbocycles. The molecule has 5 aromatic carbocycles. The summed E-state index contributed by atoms with van der Waals surface area (Å²) in [4.78, 5) is 20.5. The number of rotatable bonds is 8. The first kappa shape index (κ1) is 33.5. The fraction of sp³-hybridized carbons (Fsp3) is 0.158. The van der Waals surface area contributed by atoms with Crippen LogP contribution >= 0.6 is 0 Å². The molecule has 0 aliphatic carbocycles. The Hall–Kier alpha value is -5.04. The SMILES string of the molecule is C[N+](C)(Cc1ccccc1)c1ccccc1.C[N+](C)(Cc1ccccc1)c1ccccc1.O=C([O-])c1cccc(C(=O)[O-])c1. The fourth-order valence-corrected chi connectivity index (χ4v) is 4.70. The Morgan fingerprint density at radius 3 is 1.05 bits per heavy atom. The molecule has 0 unspecified atom stereocenters. The van der Waals surface area contributed by atoms with Crippen molar-refractivity contribution in [1.29, 1.82) is 0 Å². The van der Waals surface area contributed by atoms with E-state index in [4.69, 9.17) is 0 Å². The van der Waals surface area contributed by atoms with Gasteiger partial charge in [0, 0.05) is 11.1 Å². The second-order valence-corrected chi connectivity index (χ2v) is 11.5. The lowest BCUT2D eigenvalue weighted by atomic mass is 10.1. The normalized spacial score (nSPS) is 10.8. The van der Waals surface area contributed by atoms with Crippen LogP contribution in [0.4, 0.5) is 11.4 Å². The summed E-state index contributed by atoms with van der Waals surface area (Å²) in [5.41, 5.74) is 5.08. The van der Waals surface area contributed by atoms with E-state index >= 15 is 0 Å². The topological polar surface area (TPSA) is 80.3 Å². The summed E-state index contributed by atoms with van der Waals surface area (Å²) in [6.45, 7) is 2.04. The molecule has 0 heterocycles. The summed E-state index contributed by atoms with van der Waals surface area (Å²) in [6.07, 6.45) is 0. The minimum atomic E-state index is -1.40. The van der Waals surface area contributed by atoms with Crippen molar-refractivity contribution >= 4 is 23.3 Å². The molecule has 0 N–H and O–H groups in total. The van der Waals surface area contributed by atoms with E-state index in [0.717, 1.165) is 28.1 Å². The number of benzene rings is 5. The highest BCUT2D eigenvalue weighted by Gasteiger charge is 2.19. The third-order valence-electron chi connectivity index (χ3n) is 7.09. The summed E-state index contributed by atoms with van der Waals surface area (Å²) in [5.74, 6) is -2.81. The van der Waals surface area contributed by atoms with Crippen LogP contribution in [0.3, 0.4) is 0 Å². The van der Waals surface area contributed by atoms with Crippen LogP contribution in [0, 0.1) is 0 Å². The third-order valence-corrected chi connectivity index (χ3v) is 7.09. The van der Waals surface area contributed by atoms with Crippen LogP contribution < -0.4 is 19.2 Å². The average molecular weight is 589 g/mol. The number of para-hydroxylation sites is 2. The Labute approximate surface area is 260 Å². The maximum absolute atomic E-state index is 10.3. The van der Waals surface area contributed by atoms with Crippen molar-refractivity contribution in [3.63, 3.8) is 0 Å². The van der Waals surface area contributed by atoms with Crippen molar-refractivity contribution < 1.29 is 19.8 Å². The van der Waals surface area contributed by atoms with Crippen molar-refractivity contribution in [3.05, 3.63) is 168 Å². The monoisotopic (exact) mass is 588 g/mol. The predicted molar refractivity (Wildman–Crippen MR) is 176 cm³/mol. The van der Waals surface area contributed by atoms with Crippen LogP contribution in [0.15, 0.2) is 146 Å². The molecule has 6 heteroatoms. The molecule has 0 aliphatic heterocycles. The van der Waals surface area contributed by atoms with E-state index in [1.54, 1.807) is 0 Å². The van der Waals surface area contributed by atoms with Crippen LogP contribution in [0.1, 0.15) is 31.8 Å². The van der Waals surface area contributed by atoms with Crippen LogP contribution in [0.5, 0.6) is 0 Å². The van der Waals surface area contributed by atoms with Crippen molar-refractivity contribution in [1.82, 2.24) is 8.97 Å². The second kappa shape index (κ2) is 16.0. The fourth-order valence-electron chi connectivity index (χ4n) is 4.70. The molecule has 0 saturated heterocycles. The summed E-state index contributed by atoms with van der Waals surface area (Å²) < 4.78 is 1.76. The number of carbonyl (C=O) groups excluding carboxylic acids is 2. The van der Waals surface area contributed by atoms with Gasteiger partial charge in [0.15, 0.2) is 0 Å². The van der Waals surface area contributed by atoms with Crippen LogP contribution in [0.2, 0.25) is 0 Å². The number of aromatic carboxylic acids is 2. The highest BCUT2D eigenvalue weighted by Crippen LogP contribution is 2.22. The molecule has 0 fully saturated rings. The number of hydrogen-bond donors (Lipinski definition) is 0. The van der Waals surface area contributed by atoms with Gasteiger partial charge >= 0.3 is 0 Å². The molecule has 0 amide bonds. The Balaban J connectivity index is 0.000000183. The average Bonchev–Trinajstić information content (AvgIpc) is 3.03. The zero-order valence-corrected chi connectivity index (χ0v) is 25.8. The van der Waals surface area contributed by atoms with Gasteiger partial charge < -0.3 is 19.8 Å². The number of carboxylic acid groups (broad SMARTS) is 2. The molecule has 0 spiro atoms. The molecular weight excluding hydrogens is 548 g/mol. The molecule has 0 aromatic heterocycles. The van der Waals surface area contributed by atoms with Crippen molar-refractivity contribution in [2.45, 2.75) is 13.1 Å². The van der Waals surface area contributed by atoms with Gasteiger partial charge in [-0.15, -0.1) is 0 Å². The zero-order valence-electron chi connectivity index (χ0n) is 25.8. The Bertz CT molecular complexity index is 1470. The molecule has 5 aromatic rings. The minimum Gasteiger partial charge on any atom is -0.545 e. The quantitative estimate of drug-likeness (QED) is 0.230. The summed E-state index contributed by atoms with van der Waals surface area (Å²) in [6, 6.07) is 47.3. The lowest BCUT2D eigenvalue weighted by Crippen LogP contribution is -2.39. The van der Waals surface area contributed by atoms with Crippen LogP contribution in [-0.2, 0) is 13.1 Å². The number of hydrogen-bond acceptors (Lipinski definition) is 4. The minimum absolute atomic E-state index is 0.170. The van der Waals surface area contributed by atoms with E-state index in [2.05, 4.69) is 150 Å². The molecule has 6 nitrogen and oxygen atoms in total. The maximum Gasteiger partial charge on any atom is 0.132 e.